The van der Waals surface area contributed by atoms with Crippen LogP contribution >= 0.6 is 0 Å². The normalized spacial score (nSPS) is 17.9. The zero-order chi connectivity index (χ0) is 14.4. The summed E-state index contributed by atoms with van der Waals surface area (Å²) < 4.78 is 5.38. The van der Waals surface area contributed by atoms with E-state index < -0.39 is 0 Å². The molecule has 0 aromatic heterocycles. The number of hydrogen-bond acceptors (Lipinski definition) is 4. The lowest BCUT2D eigenvalue weighted by Crippen LogP contribution is -2.37. The Morgan fingerprint density at radius 3 is 2.75 bits per heavy atom. The van der Waals surface area contributed by atoms with Gasteiger partial charge in [0.2, 0.25) is 0 Å². The standard InChI is InChI=1S/C15H22N2O3/c1-15(7-10-20-11-8-15)12-16-9-6-13-4-2-3-5-14(13)17(18)19/h2-5,16H,6-12H2,1H3. The minimum Gasteiger partial charge on any atom is -0.381 e. The molecule has 1 aromatic rings. The number of nitro benzene ring substituents is 1. The second-order valence-electron chi connectivity index (χ2n) is 5.74. The lowest BCUT2D eigenvalue weighted by Gasteiger charge is -2.33. The Labute approximate surface area is 119 Å². The van der Waals surface area contributed by atoms with Crippen LogP contribution in [0.4, 0.5) is 5.69 Å². The zero-order valence-electron chi connectivity index (χ0n) is 11.9. The van der Waals surface area contributed by atoms with E-state index in [9.17, 15) is 10.1 Å². The van der Waals surface area contributed by atoms with Crippen LogP contribution in [0.2, 0.25) is 0 Å². The average molecular weight is 278 g/mol. The number of rotatable bonds is 6. The third-order valence-electron chi connectivity index (χ3n) is 4.01. The Hall–Kier alpha value is -1.46. The number of nitrogens with zero attached hydrogens (tertiary/aromatic N) is 1. The second-order valence-corrected chi connectivity index (χ2v) is 5.74. The molecule has 5 heteroatoms. The molecule has 110 valence electrons. The van der Waals surface area contributed by atoms with Gasteiger partial charge in [-0.05, 0) is 31.2 Å². The summed E-state index contributed by atoms with van der Waals surface area (Å²) >= 11 is 0. The second kappa shape index (κ2) is 6.81. The van der Waals surface area contributed by atoms with Crippen molar-refractivity contribution in [1.82, 2.24) is 5.32 Å². The van der Waals surface area contributed by atoms with Crippen LogP contribution in [-0.2, 0) is 11.2 Å². The third-order valence-corrected chi connectivity index (χ3v) is 4.01. The smallest absolute Gasteiger partial charge is 0.272 e. The molecule has 20 heavy (non-hydrogen) atoms. The first kappa shape index (κ1) is 14.9. The van der Waals surface area contributed by atoms with Crippen molar-refractivity contribution in [1.29, 1.82) is 0 Å². The van der Waals surface area contributed by atoms with Gasteiger partial charge in [-0.1, -0.05) is 25.1 Å². The fraction of sp³-hybridized carbons (Fsp3) is 0.600. The van der Waals surface area contributed by atoms with E-state index in [0.717, 1.165) is 44.7 Å². The highest BCUT2D eigenvalue weighted by atomic mass is 16.6. The van der Waals surface area contributed by atoms with Gasteiger partial charge in [0.05, 0.1) is 4.92 Å². The highest BCUT2D eigenvalue weighted by Gasteiger charge is 2.26. The molecule has 1 aliphatic heterocycles. The fourth-order valence-electron chi connectivity index (χ4n) is 2.55. The van der Waals surface area contributed by atoms with E-state index >= 15 is 0 Å². The van der Waals surface area contributed by atoms with Gasteiger partial charge >= 0.3 is 0 Å². The maximum absolute atomic E-state index is 10.9. The molecule has 0 spiro atoms. The molecule has 0 amide bonds. The van der Waals surface area contributed by atoms with Crippen molar-refractivity contribution in [3.05, 3.63) is 39.9 Å². The number of para-hydroxylation sites is 1. The molecule has 0 bridgehead atoms. The van der Waals surface area contributed by atoms with E-state index in [2.05, 4.69) is 12.2 Å². The Morgan fingerprint density at radius 2 is 2.05 bits per heavy atom. The predicted octanol–water partition coefficient (Wildman–Crippen LogP) is 2.54. The lowest BCUT2D eigenvalue weighted by molar-refractivity contribution is -0.385. The van der Waals surface area contributed by atoms with E-state index in [1.54, 1.807) is 12.1 Å². The summed E-state index contributed by atoms with van der Waals surface area (Å²) in [5.74, 6) is 0. The molecule has 1 N–H and O–H groups in total. The molecular formula is C15H22N2O3. The topological polar surface area (TPSA) is 64.4 Å². The van der Waals surface area contributed by atoms with Crippen molar-refractivity contribution < 1.29 is 9.66 Å². The van der Waals surface area contributed by atoms with Crippen LogP contribution in [0.25, 0.3) is 0 Å². The molecule has 5 nitrogen and oxygen atoms in total. The number of hydrogen-bond donors (Lipinski definition) is 1. The van der Waals surface area contributed by atoms with E-state index in [1.807, 2.05) is 12.1 Å². The Kier molecular flexibility index (Phi) is 5.09. The molecule has 0 aliphatic carbocycles. The van der Waals surface area contributed by atoms with Gasteiger partial charge in [-0.3, -0.25) is 10.1 Å². The van der Waals surface area contributed by atoms with Crippen LogP contribution in [-0.4, -0.2) is 31.2 Å². The predicted molar refractivity (Wildman–Crippen MR) is 77.8 cm³/mol. The molecule has 1 fully saturated rings. The number of ether oxygens (including phenoxy) is 1. The van der Waals surface area contributed by atoms with E-state index in [4.69, 9.17) is 4.74 Å². The highest BCUT2D eigenvalue weighted by Crippen LogP contribution is 2.28. The molecule has 1 aromatic carbocycles. The van der Waals surface area contributed by atoms with Gasteiger partial charge in [-0.15, -0.1) is 0 Å². The van der Waals surface area contributed by atoms with Gasteiger partial charge in [-0.25, -0.2) is 0 Å². The van der Waals surface area contributed by atoms with Gasteiger partial charge < -0.3 is 10.1 Å². The van der Waals surface area contributed by atoms with Crippen LogP contribution < -0.4 is 5.32 Å². The van der Waals surface area contributed by atoms with Gasteiger partial charge in [0, 0.05) is 31.4 Å². The van der Waals surface area contributed by atoms with Crippen molar-refractivity contribution in [2.75, 3.05) is 26.3 Å². The zero-order valence-corrected chi connectivity index (χ0v) is 11.9. The SMILES string of the molecule is CC1(CNCCc2ccccc2[N+](=O)[O-])CCOCC1. The van der Waals surface area contributed by atoms with E-state index in [-0.39, 0.29) is 10.6 Å². The van der Waals surface area contributed by atoms with Crippen LogP contribution in [0.1, 0.15) is 25.3 Å². The van der Waals surface area contributed by atoms with Crippen LogP contribution in [0, 0.1) is 15.5 Å². The maximum Gasteiger partial charge on any atom is 0.272 e. The Bertz CT molecular complexity index is 456. The quantitative estimate of drug-likeness (QED) is 0.493. The molecule has 0 unspecified atom stereocenters. The lowest BCUT2D eigenvalue weighted by atomic mass is 9.82. The third kappa shape index (κ3) is 4.02. The largest absolute Gasteiger partial charge is 0.381 e. The van der Waals surface area contributed by atoms with Gasteiger partial charge in [0.25, 0.3) is 5.69 Å². The minimum absolute atomic E-state index is 0.214. The molecular weight excluding hydrogens is 256 g/mol. The molecule has 2 rings (SSSR count). The van der Waals surface area contributed by atoms with Crippen molar-refractivity contribution in [2.24, 2.45) is 5.41 Å². The maximum atomic E-state index is 10.9. The molecule has 0 saturated carbocycles. The van der Waals surface area contributed by atoms with Crippen molar-refractivity contribution in [3.8, 4) is 0 Å². The van der Waals surface area contributed by atoms with Crippen molar-refractivity contribution in [3.63, 3.8) is 0 Å². The number of nitro groups is 1. The first-order chi connectivity index (χ1) is 9.61. The summed E-state index contributed by atoms with van der Waals surface area (Å²) in [6.07, 6.45) is 2.83. The molecule has 0 atom stereocenters. The number of benzene rings is 1. The Balaban J connectivity index is 1.80. The summed E-state index contributed by atoms with van der Waals surface area (Å²) in [5.41, 5.74) is 1.30. The number of nitrogens with one attached hydrogen (secondary N) is 1. The molecule has 1 aliphatic rings. The van der Waals surface area contributed by atoms with Crippen molar-refractivity contribution in [2.45, 2.75) is 26.2 Å². The van der Waals surface area contributed by atoms with E-state index in [1.165, 1.54) is 0 Å². The van der Waals surface area contributed by atoms with Gasteiger partial charge in [0.15, 0.2) is 0 Å². The van der Waals surface area contributed by atoms with Gasteiger partial charge in [-0.2, -0.15) is 0 Å². The highest BCUT2D eigenvalue weighted by molar-refractivity contribution is 5.39. The van der Waals surface area contributed by atoms with Crippen LogP contribution in [0.15, 0.2) is 24.3 Å². The summed E-state index contributed by atoms with van der Waals surface area (Å²) in [6, 6.07) is 6.95. The molecule has 0 radical (unpaired) electrons. The summed E-state index contributed by atoms with van der Waals surface area (Å²) in [7, 11) is 0. The van der Waals surface area contributed by atoms with Crippen molar-refractivity contribution >= 4 is 5.69 Å². The first-order valence-corrected chi connectivity index (χ1v) is 7.11. The molecule has 1 heterocycles. The first-order valence-electron chi connectivity index (χ1n) is 7.11. The van der Waals surface area contributed by atoms with Crippen LogP contribution in [0.3, 0.4) is 0 Å². The fourth-order valence-corrected chi connectivity index (χ4v) is 2.55. The molecule has 1 saturated heterocycles. The summed E-state index contributed by atoms with van der Waals surface area (Å²) in [5, 5.41) is 14.4. The minimum atomic E-state index is -0.310. The average Bonchev–Trinajstić information content (AvgIpc) is 2.45. The summed E-state index contributed by atoms with van der Waals surface area (Å²) in [4.78, 5) is 10.6. The van der Waals surface area contributed by atoms with Gasteiger partial charge in [0.1, 0.15) is 0 Å². The van der Waals surface area contributed by atoms with E-state index in [0.29, 0.717) is 11.8 Å². The summed E-state index contributed by atoms with van der Waals surface area (Å²) in [6.45, 7) is 5.65. The monoisotopic (exact) mass is 278 g/mol. The Morgan fingerprint density at radius 1 is 1.35 bits per heavy atom. The van der Waals surface area contributed by atoms with Crippen LogP contribution in [0.5, 0.6) is 0 Å².